The summed E-state index contributed by atoms with van der Waals surface area (Å²) in [6.07, 6.45) is 14.5. The first kappa shape index (κ1) is 29.2. The van der Waals surface area contributed by atoms with Crippen molar-refractivity contribution in [3.05, 3.63) is 53.6 Å². The molecular weight excluding hydrogens is 502 g/mol. The van der Waals surface area contributed by atoms with Gasteiger partial charge in [0.2, 0.25) is 0 Å². The Morgan fingerprint density at radius 3 is 2.24 bits per heavy atom. The van der Waals surface area contributed by atoms with Crippen molar-refractivity contribution >= 4 is 11.5 Å². The Labute approximate surface area is 250 Å². The zero-order chi connectivity index (χ0) is 29.6. The van der Waals surface area contributed by atoms with Crippen LogP contribution in [0.15, 0.2) is 42.5 Å². The molecule has 1 aromatic carbocycles. The number of allylic oxidation sites excluding steroid dienone is 3. The monoisotopic (exact) mass is 557 g/mol. The van der Waals surface area contributed by atoms with Crippen LogP contribution in [0.5, 0.6) is 0 Å². The van der Waals surface area contributed by atoms with E-state index in [2.05, 4.69) is 78.7 Å². The van der Waals surface area contributed by atoms with Gasteiger partial charge in [0.05, 0.1) is 12.7 Å². The summed E-state index contributed by atoms with van der Waals surface area (Å²) in [5.41, 5.74) is 6.22. The fraction of sp³-hybridized carbons (Fsp3) is 0.711. The number of benzene rings is 1. The smallest absolute Gasteiger partial charge is 0.337 e. The number of nitrogens with one attached hydrogen (secondary N) is 1. The van der Waals surface area contributed by atoms with Crippen LogP contribution in [0.4, 0.5) is 0 Å². The topological polar surface area (TPSA) is 38.3 Å². The normalized spacial score (nSPS) is 44.5. The third-order valence-electron chi connectivity index (χ3n) is 14.8. The van der Waals surface area contributed by atoms with Crippen LogP contribution >= 0.6 is 0 Å². The van der Waals surface area contributed by atoms with Gasteiger partial charge in [0.25, 0.3) is 0 Å². The van der Waals surface area contributed by atoms with Gasteiger partial charge in [-0.25, -0.2) is 4.79 Å². The fourth-order valence-electron chi connectivity index (χ4n) is 12.6. The van der Waals surface area contributed by atoms with E-state index in [-0.39, 0.29) is 11.4 Å². The summed E-state index contributed by atoms with van der Waals surface area (Å²) in [5.74, 6) is 3.32. The molecule has 41 heavy (non-hydrogen) atoms. The second kappa shape index (κ2) is 9.57. The van der Waals surface area contributed by atoms with Gasteiger partial charge >= 0.3 is 5.97 Å². The fourth-order valence-corrected chi connectivity index (χ4v) is 12.6. The Kier molecular flexibility index (Phi) is 6.82. The summed E-state index contributed by atoms with van der Waals surface area (Å²) >= 11 is 0. The lowest BCUT2D eigenvalue weighted by Gasteiger charge is -2.72. The van der Waals surface area contributed by atoms with E-state index in [1.165, 1.54) is 75.2 Å². The van der Waals surface area contributed by atoms with Crippen molar-refractivity contribution in [1.29, 1.82) is 0 Å². The number of carbonyl (C=O) groups is 1. The van der Waals surface area contributed by atoms with Gasteiger partial charge in [-0.2, -0.15) is 0 Å². The predicted molar refractivity (Wildman–Crippen MR) is 169 cm³/mol. The minimum Gasteiger partial charge on any atom is -0.465 e. The molecule has 3 nitrogen and oxygen atoms in total. The SMILES string of the molecule is C=C(C)C1CCC2(NC)CCC3(C)C(CCC4C5(C)CC=C(c6ccc(C(=O)OC)cc6)C(C)(C)C5CCC43C)C12. The quantitative estimate of drug-likeness (QED) is 0.296. The van der Waals surface area contributed by atoms with E-state index >= 15 is 0 Å². The van der Waals surface area contributed by atoms with Gasteiger partial charge in [-0.05, 0) is 146 Å². The van der Waals surface area contributed by atoms with Crippen LogP contribution in [-0.4, -0.2) is 25.7 Å². The Morgan fingerprint density at radius 2 is 1.61 bits per heavy atom. The highest BCUT2D eigenvalue weighted by molar-refractivity contribution is 5.89. The van der Waals surface area contributed by atoms with E-state index in [4.69, 9.17) is 4.74 Å². The van der Waals surface area contributed by atoms with Crippen molar-refractivity contribution in [2.75, 3.05) is 14.2 Å². The first-order valence-corrected chi connectivity index (χ1v) is 16.5. The van der Waals surface area contributed by atoms with Gasteiger partial charge in [0, 0.05) is 5.54 Å². The lowest BCUT2D eigenvalue weighted by atomic mass is 9.33. The number of hydrogen-bond donors (Lipinski definition) is 1. The van der Waals surface area contributed by atoms with Crippen molar-refractivity contribution in [3.8, 4) is 0 Å². The first-order chi connectivity index (χ1) is 19.3. The minimum atomic E-state index is -0.265. The summed E-state index contributed by atoms with van der Waals surface area (Å²) in [7, 11) is 3.69. The van der Waals surface area contributed by atoms with Gasteiger partial charge in [0.15, 0.2) is 0 Å². The number of fused-ring (bicyclic) bond motifs is 7. The van der Waals surface area contributed by atoms with Crippen LogP contribution in [0.3, 0.4) is 0 Å². The van der Waals surface area contributed by atoms with Gasteiger partial charge in [-0.15, -0.1) is 0 Å². The van der Waals surface area contributed by atoms with Crippen LogP contribution in [0.1, 0.15) is 115 Å². The third kappa shape index (κ3) is 3.82. The lowest BCUT2D eigenvalue weighted by molar-refractivity contribution is -0.219. The van der Waals surface area contributed by atoms with E-state index in [0.29, 0.717) is 39.2 Å². The Morgan fingerprint density at radius 1 is 0.902 bits per heavy atom. The molecule has 0 amide bonds. The number of hydrogen-bond acceptors (Lipinski definition) is 3. The lowest BCUT2D eigenvalue weighted by Crippen LogP contribution is -2.67. The molecule has 4 fully saturated rings. The predicted octanol–water partition coefficient (Wildman–Crippen LogP) is 9.10. The second-order valence-corrected chi connectivity index (χ2v) is 16.2. The average Bonchev–Trinajstić information content (AvgIpc) is 3.33. The van der Waals surface area contributed by atoms with E-state index in [9.17, 15) is 4.79 Å². The van der Waals surface area contributed by atoms with Crippen molar-refractivity contribution < 1.29 is 9.53 Å². The second-order valence-electron chi connectivity index (χ2n) is 16.2. The highest BCUT2D eigenvalue weighted by atomic mass is 16.5. The molecule has 0 heterocycles. The van der Waals surface area contributed by atoms with Crippen molar-refractivity contribution in [2.45, 2.75) is 105 Å². The maximum atomic E-state index is 12.1. The summed E-state index contributed by atoms with van der Waals surface area (Å²) < 4.78 is 4.94. The van der Waals surface area contributed by atoms with E-state index in [0.717, 1.165) is 24.2 Å². The maximum Gasteiger partial charge on any atom is 0.337 e. The molecule has 5 aliphatic carbocycles. The van der Waals surface area contributed by atoms with Crippen LogP contribution in [0.2, 0.25) is 0 Å². The molecule has 0 spiro atoms. The summed E-state index contributed by atoms with van der Waals surface area (Å²) in [6, 6.07) is 8.14. The maximum absolute atomic E-state index is 12.1. The van der Waals surface area contributed by atoms with Crippen LogP contribution in [0.25, 0.3) is 5.57 Å². The Hall–Kier alpha value is -1.87. The molecule has 0 aromatic heterocycles. The zero-order valence-electron chi connectivity index (χ0n) is 27.2. The van der Waals surface area contributed by atoms with Crippen molar-refractivity contribution in [3.63, 3.8) is 0 Å². The third-order valence-corrected chi connectivity index (χ3v) is 14.8. The molecule has 0 bridgehead atoms. The molecule has 224 valence electrons. The molecule has 5 aliphatic rings. The first-order valence-electron chi connectivity index (χ1n) is 16.5. The molecule has 9 atom stereocenters. The Balaban J connectivity index is 1.35. The minimum absolute atomic E-state index is 0.0865. The molecule has 6 rings (SSSR count). The molecule has 4 saturated carbocycles. The Bertz CT molecular complexity index is 1260. The van der Waals surface area contributed by atoms with Crippen LogP contribution in [-0.2, 0) is 4.74 Å². The van der Waals surface area contributed by atoms with E-state index in [1.54, 1.807) is 0 Å². The van der Waals surface area contributed by atoms with Crippen molar-refractivity contribution in [1.82, 2.24) is 5.32 Å². The van der Waals surface area contributed by atoms with E-state index < -0.39 is 0 Å². The molecular formula is C38H55NO2. The van der Waals surface area contributed by atoms with Crippen molar-refractivity contribution in [2.24, 2.45) is 51.2 Å². The molecule has 0 saturated heterocycles. The number of methoxy groups -OCH3 is 1. The zero-order valence-corrected chi connectivity index (χ0v) is 27.2. The summed E-state index contributed by atoms with van der Waals surface area (Å²) in [6.45, 7) is 20.0. The van der Waals surface area contributed by atoms with Crippen LogP contribution in [0, 0.1) is 51.2 Å². The number of carbonyl (C=O) groups excluding carboxylic acids is 1. The number of rotatable bonds is 4. The highest BCUT2D eigenvalue weighted by Gasteiger charge is 2.70. The van der Waals surface area contributed by atoms with Gasteiger partial charge in [0.1, 0.15) is 0 Å². The summed E-state index contributed by atoms with van der Waals surface area (Å²) in [4.78, 5) is 12.1. The largest absolute Gasteiger partial charge is 0.465 e. The molecule has 0 aliphatic heterocycles. The summed E-state index contributed by atoms with van der Waals surface area (Å²) in [5, 5.41) is 3.92. The number of esters is 1. The van der Waals surface area contributed by atoms with Gasteiger partial charge in [-0.3, -0.25) is 0 Å². The molecule has 1 N–H and O–H groups in total. The number of ether oxygens (including phenoxy) is 1. The highest BCUT2D eigenvalue weighted by Crippen LogP contribution is 2.76. The van der Waals surface area contributed by atoms with E-state index in [1.807, 2.05) is 12.1 Å². The molecule has 9 unspecified atom stereocenters. The standard InChI is InChI=1S/C38H55NO2/c1-24(2)27-16-21-38(39-8)23-22-36(6)29(32(27)38)14-15-31-35(5)19-17-28(25-10-12-26(13-11-25)33(40)41-9)34(3,4)30(35)18-20-37(31,36)7/h10-13,17,27,29-32,39H,1,14-16,18-23H2,2-9H3. The molecule has 0 radical (unpaired) electrons. The average molecular weight is 558 g/mol. The molecule has 3 heteroatoms. The van der Waals surface area contributed by atoms with Crippen LogP contribution < -0.4 is 5.32 Å². The molecule has 1 aromatic rings. The van der Waals surface area contributed by atoms with Gasteiger partial charge < -0.3 is 10.1 Å². The van der Waals surface area contributed by atoms with Gasteiger partial charge in [-0.1, -0.05) is 65.0 Å².